The first-order valence-corrected chi connectivity index (χ1v) is 3.40. The molecule has 0 saturated heterocycles. The minimum absolute atomic E-state index is 0. The predicted molar refractivity (Wildman–Crippen MR) is 55.4 cm³/mol. The molecule has 0 saturated carbocycles. The molecular weight excluding hydrogens is 200 g/mol. The van der Waals surface area contributed by atoms with Crippen molar-refractivity contribution < 1.29 is 1.43 Å². The van der Waals surface area contributed by atoms with Crippen LogP contribution in [0.15, 0.2) is 48.5 Å². The highest BCUT2D eigenvalue weighted by atomic mass is 79.9. The summed E-state index contributed by atoms with van der Waals surface area (Å²) in [6, 6.07) is 16.7. The summed E-state index contributed by atoms with van der Waals surface area (Å²) in [7, 11) is 0. The highest BCUT2D eigenvalue weighted by Gasteiger charge is 1.85. The summed E-state index contributed by atoms with van der Waals surface area (Å²) in [5, 5.41) is 2.62. The zero-order valence-electron chi connectivity index (χ0n) is 7.03. The van der Waals surface area contributed by atoms with Gasteiger partial charge in [-0.05, 0) is 10.8 Å². The van der Waals surface area contributed by atoms with Crippen LogP contribution in [0.4, 0.5) is 0 Å². The number of rotatable bonds is 0. The van der Waals surface area contributed by atoms with E-state index < -0.39 is 0 Å². The van der Waals surface area contributed by atoms with E-state index in [0.717, 1.165) is 0 Å². The Kier molecular flexibility index (Phi) is 2.66. The largest absolute Gasteiger partial charge is 1.00 e. The van der Waals surface area contributed by atoms with Gasteiger partial charge >= 0.3 is 1.43 Å². The van der Waals surface area contributed by atoms with Crippen LogP contribution in [0.2, 0.25) is 0 Å². The fraction of sp³-hybridized carbons (Fsp3) is 0. The van der Waals surface area contributed by atoms with Crippen LogP contribution in [-0.4, -0.2) is 0 Å². The van der Waals surface area contributed by atoms with Crippen LogP contribution in [0, 0.1) is 0 Å². The lowest BCUT2D eigenvalue weighted by molar-refractivity contribution is 1.75. The lowest BCUT2D eigenvalue weighted by Crippen LogP contribution is -1.67. The third-order valence-corrected chi connectivity index (χ3v) is 1.66. The Hall–Kier alpha value is -0.820. The van der Waals surface area contributed by atoms with Crippen LogP contribution in [0.3, 0.4) is 0 Å². The third kappa shape index (κ3) is 1.60. The van der Waals surface area contributed by atoms with Gasteiger partial charge in [0.15, 0.2) is 0 Å². The van der Waals surface area contributed by atoms with Crippen molar-refractivity contribution in [3.8, 4) is 0 Å². The second kappa shape index (κ2) is 3.54. The lowest BCUT2D eigenvalue weighted by Gasteiger charge is -1.92. The highest BCUT2D eigenvalue weighted by Crippen LogP contribution is 2.11. The predicted octanol–water partition coefficient (Wildman–Crippen LogP) is 3.53. The standard InChI is InChI=1S/C10H8.BrH/c1-2-6-10-8-4-3-7-9(10)5-1;/h1-8H;1H/p+1. The summed E-state index contributed by atoms with van der Waals surface area (Å²) in [5.74, 6) is 0. The topological polar surface area (TPSA) is 0 Å². The summed E-state index contributed by atoms with van der Waals surface area (Å²) in [5.41, 5.74) is 0. The Morgan fingerprint density at radius 3 is 1.18 bits per heavy atom. The van der Waals surface area contributed by atoms with Crippen LogP contribution < -0.4 is 0 Å². The molecule has 0 atom stereocenters. The van der Waals surface area contributed by atoms with Crippen molar-refractivity contribution in [1.82, 2.24) is 0 Å². The molecule has 2 aromatic rings. The van der Waals surface area contributed by atoms with Gasteiger partial charge in [0, 0.05) is 0 Å². The number of halogens is 1. The average Bonchev–Trinajstić information content (AvgIpc) is 2.05. The number of hydrogen-bond donors (Lipinski definition) is 0. The first-order valence-electron chi connectivity index (χ1n) is 3.40. The van der Waals surface area contributed by atoms with E-state index in [1.54, 1.807) is 0 Å². The number of hydrogen-bond acceptors (Lipinski definition) is 0. The molecule has 2 aromatic carbocycles. The molecule has 2 rings (SSSR count). The Morgan fingerprint density at radius 2 is 0.909 bits per heavy atom. The molecule has 0 aliphatic heterocycles. The van der Waals surface area contributed by atoms with Crippen molar-refractivity contribution in [2.24, 2.45) is 0 Å². The van der Waals surface area contributed by atoms with E-state index in [1.807, 2.05) is 0 Å². The van der Waals surface area contributed by atoms with Gasteiger partial charge in [0.05, 0.1) is 0 Å². The summed E-state index contributed by atoms with van der Waals surface area (Å²) >= 11 is 0. The number of benzene rings is 2. The zero-order chi connectivity index (χ0) is 6.81. The molecule has 0 radical (unpaired) electrons. The van der Waals surface area contributed by atoms with Gasteiger partial charge in [0.2, 0.25) is 0 Å². The summed E-state index contributed by atoms with van der Waals surface area (Å²) < 4.78 is 0. The van der Waals surface area contributed by atoms with E-state index in [0.29, 0.717) is 0 Å². The quantitative estimate of drug-likeness (QED) is 0.623. The summed E-state index contributed by atoms with van der Waals surface area (Å²) in [6.45, 7) is 0. The minimum atomic E-state index is 0. The molecule has 0 N–H and O–H groups in total. The van der Waals surface area contributed by atoms with Crippen molar-refractivity contribution in [2.75, 3.05) is 0 Å². The van der Waals surface area contributed by atoms with Crippen molar-refractivity contribution in [2.45, 2.75) is 0 Å². The summed E-state index contributed by atoms with van der Waals surface area (Å²) in [4.78, 5) is 0. The SMILES string of the molecule is Br.[H+].c1ccc2ccccc2c1. The van der Waals surface area contributed by atoms with Gasteiger partial charge in [-0.1, -0.05) is 48.5 Å². The highest BCUT2D eigenvalue weighted by molar-refractivity contribution is 8.93. The maximum absolute atomic E-state index is 2.12. The first-order chi connectivity index (χ1) is 4.97. The lowest BCUT2D eigenvalue weighted by atomic mass is 10.1. The molecule has 56 valence electrons. The second-order valence-corrected chi connectivity index (χ2v) is 2.35. The monoisotopic (exact) mass is 209 g/mol. The molecule has 0 aliphatic rings. The van der Waals surface area contributed by atoms with Crippen LogP contribution in [0.1, 0.15) is 1.43 Å². The molecule has 1 heteroatoms. The molecule has 0 aromatic heterocycles. The van der Waals surface area contributed by atoms with E-state index in [-0.39, 0.29) is 18.4 Å². The number of fused-ring (bicyclic) bond motifs is 1. The smallest absolute Gasteiger partial charge is 0.114 e. The van der Waals surface area contributed by atoms with Gasteiger partial charge in [0.1, 0.15) is 0 Å². The van der Waals surface area contributed by atoms with Crippen molar-refractivity contribution in [3.05, 3.63) is 48.5 Å². The summed E-state index contributed by atoms with van der Waals surface area (Å²) in [6.07, 6.45) is 0. The van der Waals surface area contributed by atoms with E-state index in [9.17, 15) is 0 Å². The maximum atomic E-state index is 2.12. The maximum Gasteiger partial charge on any atom is 1.00 e. The van der Waals surface area contributed by atoms with Crippen LogP contribution >= 0.6 is 17.0 Å². The van der Waals surface area contributed by atoms with Gasteiger partial charge in [-0.25, -0.2) is 0 Å². The molecule has 0 heterocycles. The Balaban J connectivity index is 0.000000605. The third-order valence-electron chi connectivity index (χ3n) is 1.66. The van der Waals surface area contributed by atoms with Crippen LogP contribution in [-0.2, 0) is 0 Å². The first kappa shape index (κ1) is 8.28. The van der Waals surface area contributed by atoms with Gasteiger partial charge in [-0.15, -0.1) is 17.0 Å². The molecule has 11 heavy (non-hydrogen) atoms. The van der Waals surface area contributed by atoms with Crippen molar-refractivity contribution in [1.29, 1.82) is 0 Å². The fourth-order valence-electron chi connectivity index (χ4n) is 1.13. The molecular formula is C10H10Br+. The molecule has 0 spiro atoms. The average molecular weight is 210 g/mol. The molecule has 0 fully saturated rings. The van der Waals surface area contributed by atoms with Crippen LogP contribution in [0.25, 0.3) is 10.8 Å². The molecule has 0 amide bonds. The van der Waals surface area contributed by atoms with Crippen molar-refractivity contribution >= 4 is 27.8 Å². The molecule has 0 bridgehead atoms. The van der Waals surface area contributed by atoms with E-state index in [4.69, 9.17) is 0 Å². The molecule has 0 unspecified atom stereocenters. The second-order valence-electron chi connectivity index (χ2n) is 2.35. The van der Waals surface area contributed by atoms with Gasteiger partial charge in [-0.2, -0.15) is 0 Å². The fourth-order valence-corrected chi connectivity index (χ4v) is 1.13. The Labute approximate surface area is 78.1 Å². The van der Waals surface area contributed by atoms with Gasteiger partial charge in [0.25, 0.3) is 0 Å². The normalized spacial score (nSPS) is 9.09. The molecule has 0 aliphatic carbocycles. The Bertz CT molecular complexity index is 281. The van der Waals surface area contributed by atoms with E-state index in [1.165, 1.54) is 10.8 Å². The van der Waals surface area contributed by atoms with E-state index >= 15 is 0 Å². The Morgan fingerprint density at radius 1 is 0.636 bits per heavy atom. The molecule has 0 nitrogen and oxygen atoms in total. The van der Waals surface area contributed by atoms with Crippen molar-refractivity contribution in [3.63, 3.8) is 0 Å². The van der Waals surface area contributed by atoms with Crippen LogP contribution in [0.5, 0.6) is 0 Å². The van der Waals surface area contributed by atoms with E-state index in [2.05, 4.69) is 48.5 Å². The minimum Gasteiger partial charge on any atom is -0.114 e. The van der Waals surface area contributed by atoms with Gasteiger partial charge < -0.3 is 0 Å². The zero-order valence-corrected chi connectivity index (χ0v) is 7.74. The van der Waals surface area contributed by atoms with Gasteiger partial charge in [-0.3, -0.25) is 0 Å².